The molecule has 0 bridgehead atoms. The molecule has 2 heterocycles. The largest absolute Gasteiger partial charge is 0.493 e. The topological polar surface area (TPSA) is 61.9 Å². The van der Waals surface area contributed by atoms with Gasteiger partial charge >= 0.3 is 0 Å². The first-order chi connectivity index (χ1) is 13.7. The van der Waals surface area contributed by atoms with Crippen molar-refractivity contribution in [2.45, 2.75) is 19.5 Å². The van der Waals surface area contributed by atoms with Crippen LogP contribution in [-0.2, 0) is 19.5 Å². The fourth-order valence-corrected chi connectivity index (χ4v) is 3.80. The van der Waals surface area contributed by atoms with E-state index >= 15 is 0 Å². The highest BCUT2D eigenvalue weighted by atomic mass is 16.5. The highest BCUT2D eigenvalue weighted by molar-refractivity contribution is 5.82. The molecule has 0 spiro atoms. The predicted octanol–water partition coefficient (Wildman–Crippen LogP) is 3.32. The summed E-state index contributed by atoms with van der Waals surface area (Å²) in [7, 11) is 5.18. The number of rotatable bonds is 4. The lowest BCUT2D eigenvalue weighted by Crippen LogP contribution is -2.43. The summed E-state index contributed by atoms with van der Waals surface area (Å²) in [5, 5.41) is 4.71. The van der Waals surface area contributed by atoms with Crippen LogP contribution in [0.1, 0.15) is 16.8 Å². The lowest BCUT2D eigenvalue weighted by atomic mass is 9.99. The summed E-state index contributed by atoms with van der Waals surface area (Å²) in [5.41, 5.74) is 4.85. The summed E-state index contributed by atoms with van der Waals surface area (Å²) < 4.78 is 10.9. The minimum Gasteiger partial charge on any atom is -0.493 e. The number of methoxy groups -OCH3 is 2. The van der Waals surface area contributed by atoms with Gasteiger partial charge in [0.05, 0.1) is 20.8 Å². The van der Waals surface area contributed by atoms with Crippen LogP contribution in [0.2, 0.25) is 0 Å². The van der Waals surface area contributed by atoms with Crippen LogP contribution in [0.3, 0.4) is 0 Å². The number of hydrogen-bond acceptors (Lipinski definition) is 3. The van der Waals surface area contributed by atoms with Crippen molar-refractivity contribution in [2.24, 2.45) is 4.99 Å². The number of benzene rings is 2. The molecule has 28 heavy (non-hydrogen) atoms. The van der Waals surface area contributed by atoms with E-state index < -0.39 is 0 Å². The van der Waals surface area contributed by atoms with Crippen LogP contribution in [0.15, 0.2) is 47.5 Å². The molecule has 0 atom stereocenters. The molecule has 6 heteroatoms. The van der Waals surface area contributed by atoms with Crippen molar-refractivity contribution in [1.29, 1.82) is 0 Å². The molecule has 146 valence electrons. The van der Waals surface area contributed by atoms with Crippen LogP contribution in [0, 0.1) is 0 Å². The quantitative estimate of drug-likeness (QED) is 0.540. The molecule has 0 amide bonds. The van der Waals surface area contributed by atoms with Crippen molar-refractivity contribution in [3.63, 3.8) is 0 Å². The van der Waals surface area contributed by atoms with E-state index in [9.17, 15) is 0 Å². The second-order valence-electron chi connectivity index (χ2n) is 6.93. The first kappa shape index (κ1) is 18.2. The van der Waals surface area contributed by atoms with E-state index in [1.54, 1.807) is 14.2 Å². The van der Waals surface area contributed by atoms with Crippen LogP contribution < -0.4 is 14.8 Å². The number of aromatic nitrogens is 1. The Morgan fingerprint density at radius 3 is 2.57 bits per heavy atom. The van der Waals surface area contributed by atoms with E-state index in [1.807, 2.05) is 13.1 Å². The fraction of sp³-hybridized carbons (Fsp3) is 0.318. The number of aromatic amines is 1. The number of nitrogens with zero attached hydrogens (tertiary/aromatic N) is 2. The lowest BCUT2D eigenvalue weighted by Gasteiger charge is -2.32. The number of guanidine groups is 1. The van der Waals surface area contributed by atoms with E-state index in [1.165, 1.54) is 16.5 Å². The van der Waals surface area contributed by atoms with Gasteiger partial charge in [0.15, 0.2) is 17.5 Å². The molecule has 1 aliphatic heterocycles. The molecule has 0 fully saturated rings. The fourth-order valence-electron chi connectivity index (χ4n) is 3.80. The zero-order valence-corrected chi connectivity index (χ0v) is 16.6. The Morgan fingerprint density at radius 1 is 1.11 bits per heavy atom. The minimum atomic E-state index is 0.705. The van der Waals surface area contributed by atoms with E-state index in [2.05, 4.69) is 56.6 Å². The number of fused-ring (bicyclic) bond motifs is 2. The Bertz CT molecular complexity index is 976. The second-order valence-corrected chi connectivity index (χ2v) is 6.93. The third kappa shape index (κ3) is 3.50. The molecule has 2 N–H and O–H groups in total. The van der Waals surface area contributed by atoms with Gasteiger partial charge in [-0.2, -0.15) is 0 Å². The molecule has 2 aromatic carbocycles. The van der Waals surface area contributed by atoms with Crippen molar-refractivity contribution < 1.29 is 9.47 Å². The number of nitrogens with one attached hydrogen (secondary N) is 2. The molecule has 0 unspecified atom stereocenters. The van der Waals surface area contributed by atoms with Gasteiger partial charge < -0.3 is 24.7 Å². The highest BCUT2D eigenvalue weighted by Crippen LogP contribution is 2.33. The van der Waals surface area contributed by atoms with Crippen LogP contribution in [0.5, 0.6) is 11.5 Å². The Balaban J connectivity index is 1.47. The number of H-pyrrole nitrogens is 1. The molecule has 0 aliphatic carbocycles. The summed E-state index contributed by atoms with van der Waals surface area (Å²) in [6, 6.07) is 14.7. The average Bonchev–Trinajstić information content (AvgIpc) is 3.16. The first-order valence-corrected chi connectivity index (χ1v) is 9.48. The monoisotopic (exact) mass is 378 g/mol. The zero-order chi connectivity index (χ0) is 19.5. The third-order valence-electron chi connectivity index (χ3n) is 5.25. The summed E-state index contributed by atoms with van der Waals surface area (Å²) in [4.78, 5) is 10.2. The van der Waals surface area contributed by atoms with Gasteiger partial charge in [-0.15, -0.1) is 0 Å². The predicted molar refractivity (Wildman–Crippen MR) is 112 cm³/mol. The van der Waals surface area contributed by atoms with Gasteiger partial charge in [0.2, 0.25) is 0 Å². The van der Waals surface area contributed by atoms with Gasteiger partial charge in [-0.3, -0.25) is 4.99 Å². The van der Waals surface area contributed by atoms with Crippen LogP contribution in [0.4, 0.5) is 0 Å². The van der Waals surface area contributed by atoms with Gasteiger partial charge in [0, 0.05) is 31.3 Å². The maximum Gasteiger partial charge on any atom is 0.194 e. The smallest absolute Gasteiger partial charge is 0.194 e. The molecule has 0 radical (unpaired) electrons. The van der Waals surface area contributed by atoms with E-state index in [0.29, 0.717) is 6.54 Å². The SMILES string of the molecule is CN=C(NCc1cc2ccccc2[nH]1)N1CCc2cc(OC)c(OC)cc2C1. The van der Waals surface area contributed by atoms with E-state index in [-0.39, 0.29) is 0 Å². The second kappa shape index (κ2) is 7.84. The number of para-hydroxylation sites is 1. The van der Waals surface area contributed by atoms with Crippen molar-refractivity contribution in [3.8, 4) is 11.5 Å². The molecular weight excluding hydrogens is 352 g/mol. The Labute approximate surface area is 165 Å². The molecule has 3 aromatic rings. The molecule has 1 aromatic heterocycles. The van der Waals surface area contributed by atoms with E-state index in [4.69, 9.17) is 9.47 Å². The Hall–Kier alpha value is -3.15. The number of ether oxygens (including phenoxy) is 2. The number of hydrogen-bond donors (Lipinski definition) is 2. The van der Waals surface area contributed by atoms with Gasteiger partial charge in [-0.1, -0.05) is 18.2 Å². The van der Waals surface area contributed by atoms with Crippen molar-refractivity contribution in [3.05, 3.63) is 59.3 Å². The normalized spacial score (nSPS) is 14.1. The molecule has 0 saturated heterocycles. The summed E-state index contributed by atoms with van der Waals surface area (Å²) in [6.07, 6.45) is 0.947. The summed E-state index contributed by atoms with van der Waals surface area (Å²) in [5.74, 6) is 2.46. The van der Waals surface area contributed by atoms with E-state index in [0.717, 1.165) is 48.2 Å². The maximum atomic E-state index is 5.46. The molecular formula is C22H26N4O2. The Kier molecular flexibility index (Phi) is 5.10. The van der Waals surface area contributed by atoms with Gasteiger partial charge in [0.25, 0.3) is 0 Å². The lowest BCUT2D eigenvalue weighted by molar-refractivity contribution is 0.346. The summed E-state index contributed by atoms with van der Waals surface area (Å²) >= 11 is 0. The highest BCUT2D eigenvalue weighted by Gasteiger charge is 2.21. The van der Waals surface area contributed by atoms with Crippen LogP contribution in [0.25, 0.3) is 10.9 Å². The minimum absolute atomic E-state index is 0.705. The number of aliphatic imine (C=N–C) groups is 1. The van der Waals surface area contributed by atoms with Crippen LogP contribution >= 0.6 is 0 Å². The molecule has 4 rings (SSSR count). The van der Waals surface area contributed by atoms with Gasteiger partial charge in [-0.05, 0) is 47.2 Å². The molecule has 6 nitrogen and oxygen atoms in total. The Morgan fingerprint density at radius 2 is 1.86 bits per heavy atom. The first-order valence-electron chi connectivity index (χ1n) is 9.48. The zero-order valence-electron chi connectivity index (χ0n) is 16.6. The average molecular weight is 378 g/mol. The van der Waals surface area contributed by atoms with Gasteiger partial charge in [0.1, 0.15) is 0 Å². The maximum absolute atomic E-state index is 5.46. The van der Waals surface area contributed by atoms with Crippen LogP contribution in [-0.4, -0.2) is 43.7 Å². The summed E-state index contributed by atoms with van der Waals surface area (Å²) in [6.45, 7) is 2.41. The standard InChI is InChI=1S/C22H26N4O2/c1-23-22(24-13-18-10-16-6-4-5-7-19(16)25-18)26-9-8-15-11-20(27-2)21(28-3)12-17(15)14-26/h4-7,10-12,25H,8-9,13-14H2,1-3H3,(H,23,24). The van der Waals surface area contributed by atoms with Crippen molar-refractivity contribution >= 4 is 16.9 Å². The van der Waals surface area contributed by atoms with Crippen molar-refractivity contribution in [2.75, 3.05) is 27.8 Å². The third-order valence-corrected chi connectivity index (χ3v) is 5.25. The van der Waals surface area contributed by atoms with Gasteiger partial charge in [-0.25, -0.2) is 0 Å². The molecule has 0 saturated carbocycles. The van der Waals surface area contributed by atoms with Crippen molar-refractivity contribution in [1.82, 2.24) is 15.2 Å². The molecule has 1 aliphatic rings.